The van der Waals surface area contributed by atoms with Crippen molar-refractivity contribution >= 4 is 42.6 Å². The number of benzene rings is 3. The van der Waals surface area contributed by atoms with Gasteiger partial charge in [-0.2, -0.15) is 4.31 Å². The Morgan fingerprint density at radius 3 is 2.36 bits per heavy atom. The Labute approximate surface area is 232 Å². The van der Waals surface area contributed by atoms with E-state index in [-0.39, 0.29) is 23.4 Å². The van der Waals surface area contributed by atoms with Crippen molar-refractivity contribution in [2.75, 3.05) is 25.7 Å². The van der Waals surface area contributed by atoms with E-state index in [1.807, 2.05) is 43.3 Å². The number of nitrogens with zero attached hydrogens (tertiary/aromatic N) is 3. The molecule has 1 amide bonds. The highest BCUT2D eigenvalue weighted by Crippen LogP contribution is 2.41. The van der Waals surface area contributed by atoms with Crippen LogP contribution in [0.4, 0.5) is 5.13 Å². The molecule has 4 aromatic rings. The van der Waals surface area contributed by atoms with Crippen LogP contribution in [-0.4, -0.2) is 50.4 Å². The number of aromatic nitrogens is 1. The number of carbonyl (C=O) groups excluding carboxylic acids is 1. The minimum Gasteiger partial charge on any atom is -0.495 e. The molecule has 8 nitrogen and oxygen atoms in total. The first-order valence-electron chi connectivity index (χ1n) is 12.8. The lowest BCUT2D eigenvalue weighted by Gasteiger charge is -2.32. The predicted molar refractivity (Wildman–Crippen MR) is 153 cm³/mol. The van der Waals surface area contributed by atoms with Gasteiger partial charge in [-0.3, -0.25) is 9.69 Å². The molecule has 5 rings (SSSR count). The van der Waals surface area contributed by atoms with Crippen molar-refractivity contribution in [1.82, 2.24) is 9.29 Å². The number of sulfonamides is 1. The fourth-order valence-electron chi connectivity index (χ4n) is 4.87. The third-order valence-corrected chi connectivity index (χ3v) is 10.1. The molecule has 0 N–H and O–H groups in total. The van der Waals surface area contributed by atoms with Crippen molar-refractivity contribution in [2.45, 2.75) is 43.7 Å². The lowest BCUT2D eigenvalue weighted by molar-refractivity contribution is 0.0985. The normalized spacial score (nSPS) is 16.2. The van der Waals surface area contributed by atoms with Crippen molar-refractivity contribution in [1.29, 1.82) is 0 Å². The summed E-state index contributed by atoms with van der Waals surface area (Å²) in [4.78, 5) is 20.5. The molecular weight excluding hydrogens is 534 g/mol. The average molecular weight is 566 g/mol. The number of hydrogen-bond acceptors (Lipinski definition) is 7. The van der Waals surface area contributed by atoms with Crippen LogP contribution in [0, 0.1) is 0 Å². The number of hydrogen-bond donors (Lipinski definition) is 0. The molecular formula is C29H31N3O5S2. The first kappa shape index (κ1) is 27.1. The van der Waals surface area contributed by atoms with E-state index < -0.39 is 10.0 Å². The molecule has 39 heavy (non-hydrogen) atoms. The molecule has 1 unspecified atom stereocenters. The van der Waals surface area contributed by atoms with Crippen molar-refractivity contribution in [3.63, 3.8) is 0 Å². The molecule has 0 aliphatic carbocycles. The van der Waals surface area contributed by atoms with Crippen molar-refractivity contribution in [3.05, 3.63) is 77.9 Å². The number of anilines is 1. The van der Waals surface area contributed by atoms with Gasteiger partial charge in [-0.15, -0.1) is 0 Å². The Morgan fingerprint density at radius 1 is 1.00 bits per heavy atom. The summed E-state index contributed by atoms with van der Waals surface area (Å²) in [6.45, 7) is 2.74. The van der Waals surface area contributed by atoms with Gasteiger partial charge in [-0.05, 0) is 61.7 Å². The van der Waals surface area contributed by atoms with E-state index >= 15 is 0 Å². The highest BCUT2D eigenvalue weighted by Gasteiger charge is 2.31. The van der Waals surface area contributed by atoms with Crippen LogP contribution in [-0.2, 0) is 16.6 Å². The lowest BCUT2D eigenvalue weighted by atomic mass is 10.1. The fourth-order valence-corrected chi connectivity index (χ4v) is 7.64. The summed E-state index contributed by atoms with van der Waals surface area (Å²) >= 11 is 1.34. The van der Waals surface area contributed by atoms with Crippen LogP contribution in [0.3, 0.4) is 0 Å². The molecule has 1 aromatic heterocycles. The van der Waals surface area contributed by atoms with Gasteiger partial charge in [0.25, 0.3) is 5.91 Å². The maximum Gasteiger partial charge on any atom is 0.260 e. The first-order valence-corrected chi connectivity index (χ1v) is 15.1. The summed E-state index contributed by atoms with van der Waals surface area (Å²) in [6, 6.07) is 19.4. The zero-order chi connectivity index (χ0) is 27.6. The van der Waals surface area contributed by atoms with E-state index in [4.69, 9.17) is 14.5 Å². The van der Waals surface area contributed by atoms with Crippen LogP contribution in [0.1, 0.15) is 42.1 Å². The van der Waals surface area contributed by atoms with E-state index in [9.17, 15) is 13.2 Å². The van der Waals surface area contributed by atoms with Crippen LogP contribution < -0.4 is 14.4 Å². The van der Waals surface area contributed by atoms with Crippen molar-refractivity contribution in [2.24, 2.45) is 0 Å². The fraction of sp³-hybridized carbons (Fsp3) is 0.310. The van der Waals surface area contributed by atoms with Gasteiger partial charge in [0.2, 0.25) is 10.0 Å². The summed E-state index contributed by atoms with van der Waals surface area (Å²) in [5.41, 5.74) is 1.91. The minimum absolute atomic E-state index is 0.0422. The van der Waals surface area contributed by atoms with E-state index in [0.717, 1.165) is 29.5 Å². The summed E-state index contributed by atoms with van der Waals surface area (Å²) in [7, 11) is -0.469. The third kappa shape index (κ3) is 5.36. The standard InChI is InChI=1S/C29H31N3O5S2/c1-20-9-7-8-18-32(20)39(34,35)23-14-12-22(13-15-23)28(33)31(19-21-10-5-4-6-11-21)29-30-26-24(36-2)16-17-25(37-3)27(26)38-29/h4-6,10-17,20H,7-9,18-19H2,1-3H3. The van der Waals surface area contributed by atoms with Crippen molar-refractivity contribution < 1.29 is 22.7 Å². The maximum absolute atomic E-state index is 13.9. The molecule has 0 saturated carbocycles. The molecule has 1 saturated heterocycles. The Kier molecular flexibility index (Phi) is 7.88. The third-order valence-electron chi connectivity index (χ3n) is 7.01. The zero-order valence-electron chi connectivity index (χ0n) is 22.2. The molecule has 2 heterocycles. The second kappa shape index (κ2) is 11.3. The topological polar surface area (TPSA) is 89.0 Å². The Balaban J connectivity index is 1.51. The van der Waals surface area contributed by atoms with Gasteiger partial charge >= 0.3 is 0 Å². The van der Waals surface area contributed by atoms with E-state index in [0.29, 0.717) is 34.3 Å². The molecule has 0 radical (unpaired) electrons. The van der Waals surface area contributed by atoms with Gasteiger partial charge in [0.05, 0.1) is 25.7 Å². The van der Waals surface area contributed by atoms with Gasteiger partial charge in [0, 0.05) is 18.2 Å². The highest BCUT2D eigenvalue weighted by molar-refractivity contribution is 7.89. The van der Waals surface area contributed by atoms with Gasteiger partial charge in [0.1, 0.15) is 21.7 Å². The predicted octanol–water partition coefficient (Wildman–Crippen LogP) is 5.72. The second-order valence-electron chi connectivity index (χ2n) is 9.51. The second-order valence-corrected chi connectivity index (χ2v) is 12.4. The Hall–Kier alpha value is -3.47. The van der Waals surface area contributed by atoms with Gasteiger partial charge in [-0.1, -0.05) is 48.1 Å². The summed E-state index contributed by atoms with van der Waals surface area (Å²) < 4.78 is 40.0. The van der Waals surface area contributed by atoms with E-state index in [1.54, 1.807) is 41.6 Å². The SMILES string of the molecule is COc1ccc(OC)c2sc(N(Cc3ccccc3)C(=O)c3ccc(S(=O)(=O)N4CCCCC4C)cc3)nc12. The molecule has 0 spiro atoms. The number of thiazole rings is 1. The van der Waals surface area contributed by atoms with Gasteiger partial charge in [0.15, 0.2) is 5.13 Å². The number of methoxy groups -OCH3 is 2. The molecule has 10 heteroatoms. The number of ether oxygens (including phenoxy) is 2. The Bertz CT molecular complexity index is 1530. The molecule has 1 atom stereocenters. The van der Waals surface area contributed by atoms with Crippen LogP contribution in [0.25, 0.3) is 10.2 Å². The van der Waals surface area contributed by atoms with Crippen LogP contribution in [0.15, 0.2) is 71.6 Å². The van der Waals surface area contributed by atoms with Gasteiger partial charge < -0.3 is 9.47 Å². The molecule has 204 valence electrons. The molecule has 3 aromatic carbocycles. The quantitative estimate of drug-likeness (QED) is 0.271. The summed E-state index contributed by atoms with van der Waals surface area (Å²) in [5, 5.41) is 0.487. The number of piperidine rings is 1. The number of rotatable bonds is 8. The number of fused-ring (bicyclic) bond motifs is 1. The first-order chi connectivity index (χ1) is 18.8. The zero-order valence-corrected chi connectivity index (χ0v) is 23.8. The summed E-state index contributed by atoms with van der Waals surface area (Å²) in [5.74, 6) is 0.941. The van der Waals surface area contributed by atoms with E-state index in [1.165, 1.54) is 23.5 Å². The van der Waals surface area contributed by atoms with E-state index in [2.05, 4.69) is 0 Å². The van der Waals surface area contributed by atoms with Crippen LogP contribution >= 0.6 is 11.3 Å². The molecule has 1 aliphatic rings. The highest BCUT2D eigenvalue weighted by atomic mass is 32.2. The minimum atomic E-state index is -3.64. The number of amides is 1. The largest absolute Gasteiger partial charge is 0.495 e. The Morgan fingerprint density at radius 2 is 1.69 bits per heavy atom. The molecule has 0 bridgehead atoms. The summed E-state index contributed by atoms with van der Waals surface area (Å²) in [6.07, 6.45) is 2.73. The van der Waals surface area contributed by atoms with Crippen LogP contribution in [0.5, 0.6) is 11.5 Å². The van der Waals surface area contributed by atoms with Gasteiger partial charge in [-0.25, -0.2) is 13.4 Å². The number of carbonyl (C=O) groups is 1. The van der Waals surface area contributed by atoms with Crippen LogP contribution in [0.2, 0.25) is 0 Å². The van der Waals surface area contributed by atoms with Crippen molar-refractivity contribution in [3.8, 4) is 11.5 Å². The smallest absolute Gasteiger partial charge is 0.260 e. The molecule has 1 aliphatic heterocycles. The maximum atomic E-state index is 13.9. The lowest BCUT2D eigenvalue weighted by Crippen LogP contribution is -2.41. The average Bonchev–Trinajstić information content (AvgIpc) is 3.41. The molecule has 1 fully saturated rings. The monoisotopic (exact) mass is 565 g/mol.